The molecule has 2 aromatic rings. The Balaban J connectivity index is 2.18. The van der Waals surface area contributed by atoms with E-state index in [1.54, 1.807) is 24.3 Å². The average molecular weight is 327 g/mol. The Morgan fingerprint density at radius 2 is 2.05 bits per heavy atom. The van der Waals surface area contributed by atoms with Crippen molar-refractivity contribution >= 4 is 33.1 Å². The van der Waals surface area contributed by atoms with Crippen molar-refractivity contribution in [2.75, 3.05) is 17.3 Å². The normalized spacial score (nSPS) is 15.1. The minimum absolute atomic E-state index is 0.0225. The highest BCUT2D eigenvalue weighted by molar-refractivity contribution is 7.91. The van der Waals surface area contributed by atoms with Crippen molar-refractivity contribution in [3.05, 3.63) is 29.3 Å². The van der Waals surface area contributed by atoms with E-state index in [9.17, 15) is 8.42 Å². The molecule has 112 valence electrons. The van der Waals surface area contributed by atoms with Gasteiger partial charge in [0.1, 0.15) is 5.82 Å². The van der Waals surface area contributed by atoms with Crippen LogP contribution in [0.4, 0.5) is 11.6 Å². The number of rotatable bonds is 4. The van der Waals surface area contributed by atoms with Gasteiger partial charge >= 0.3 is 0 Å². The second kappa shape index (κ2) is 4.92. The molecule has 1 aliphatic rings. The maximum absolute atomic E-state index is 12.0. The number of nitrogens with one attached hydrogen (secondary N) is 1. The molecule has 0 amide bonds. The van der Waals surface area contributed by atoms with E-state index < -0.39 is 9.84 Å². The Bertz CT molecular complexity index is 796. The summed E-state index contributed by atoms with van der Waals surface area (Å²) in [6.45, 7) is 0. The van der Waals surface area contributed by atoms with Crippen LogP contribution in [0.15, 0.2) is 29.2 Å². The van der Waals surface area contributed by atoms with Crippen molar-refractivity contribution in [2.45, 2.75) is 23.8 Å². The van der Waals surface area contributed by atoms with Crippen LogP contribution >= 0.6 is 11.6 Å². The molecule has 1 aromatic heterocycles. The number of nitrogens with zero attached hydrogens (tertiary/aromatic N) is 2. The molecule has 8 heteroatoms. The Kier molecular flexibility index (Phi) is 3.33. The monoisotopic (exact) mass is 326 g/mol. The van der Waals surface area contributed by atoms with E-state index in [4.69, 9.17) is 17.3 Å². The van der Waals surface area contributed by atoms with Crippen LogP contribution < -0.4 is 11.1 Å². The quantitative estimate of drug-likeness (QED) is 0.897. The van der Waals surface area contributed by atoms with Crippen LogP contribution in [0.3, 0.4) is 0 Å². The highest BCUT2D eigenvalue weighted by Gasteiger charge is 2.30. The number of para-hydroxylation sites is 1. The van der Waals surface area contributed by atoms with Crippen LogP contribution in [-0.4, -0.2) is 30.5 Å². The number of halogens is 1. The van der Waals surface area contributed by atoms with Crippen LogP contribution in [0.25, 0.3) is 5.69 Å². The predicted octanol–water partition coefficient (Wildman–Crippen LogP) is 2.09. The molecule has 21 heavy (non-hydrogen) atoms. The van der Waals surface area contributed by atoms with Gasteiger partial charge in [-0.15, -0.1) is 5.10 Å². The van der Waals surface area contributed by atoms with E-state index in [0.29, 0.717) is 10.7 Å². The van der Waals surface area contributed by atoms with Gasteiger partial charge in [0.2, 0.25) is 0 Å². The highest BCUT2D eigenvalue weighted by atomic mass is 35.5. The maximum atomic E-state index is 12.0. The van der Waals surface area contributed by atoms with Crippen molar-refractivity contribution in [3.63, 3.8) is 0 Å². The smallest absolute Gasteiger partial charge is 0.182 e. The molecule has 0 saturated heterocycles. The van der Waals surface area contributed by atoms with Crippen molar-refractivity contribution < 1.29 is 8.42 Å². The SMILES string of the molecule is CS(=O)(=O)c1c(NC2CC2)nn(-c2ccccc2Cl)c1N. The van der Waals surface area contributed by atoms with Gasteiger partial charge in [-0.2, -0.15) is 0 Å². The molecule has 1 aromatic carbocycles. The molecule has 1 saturated carbocycles. The fraction of sp³-hybridized carbons (Fsp3) is 0.308. The zero-order valence-electron chi connectivity index (χ0n) is 11.4. The summed E-state index contributed by atoms with van der Waals surface area (Å²) in [6, 6.07) is 7.27. The zero-order valence-corrected chi connectivity index (χ0v) is 12.9. The number of hydrogen-bond acceptors (Lipinski definition) is 5. The first-order chi connectivity index (χ1) is 9.88. The van der Waals surface area contributed by atoms with E-state index in [1.807, 2.05) is 0 Å². The third kappa shape index (κ3) is 2.71. The molecule has 0 atom stereocenters. The minimum atomic E-state index is -3.50. The summed E-state index contributed by atoms with van der Waals surface area (Å²) in [5, 5.41) is 7.86. The second-order valence-electron chi connectivity index (χ2n) is 5.12. The number of aromatic nitrogens is 2. The fourth-order valence-electron chi connectivity index (χ4n) is 2.10. The number of benzene rings is 1. The van der Waals surface area contributed by atoms with Crippen molar-refractivity contribution in [1.29, 1.82) is 0 Å². The van der Waals surface area contributed by atoms with Crippen molar-refractivity contribution in [2.24, 2.45) is 0 Å². The molecule has 3 N–H and O–H groups in total. The van der Waals surface area contributed by atoms with Gasteiger partial charge in [0.15, 0.2) is 20.6 Å². The van der Waals surface area contributed by atoms with Crippen LogP contribution in [0, 0.1) is 0 Å². The summed E-state index contributed by atoms with van der Waals surface area (Å²) in [7, 11) is -3.50. The summed E-state index contributed by atoms with van der Waals surface area (Å²) < 4.78 is 25.4. The van der Waals surface area contributed by atoms with Gasteiger partial charge in [0, 0.05) is 12.3 Å². The molecule has 0 aliphatic heterocycles. The summed E-state index contributed by atoms with van der Waals surface area (Å²) in [5.74, 6) is 0.353. The van der Waals surface area contributed by atoms with E-state index >= 15 is 0 Å². The van der Waals surface area contributed by atoms with Crippen molar-refractivity contribution in [3.8, 4) is 5.69 Å². The molecular weight excluding hydrogens is 312 g/mol. The van der Waals surface area contributed by atoms with Gasteiger partial charge in [-0.1, -0.05) is 23.7 Å². The third-order valence-electron chi connectivity index (χ3n) is 3.25. The zero-order chi connectivity index (χ0) is 15.2. The largest absolute Gasteiger partial charge is 0.382 e. The number of nitrogens with two attached hydrogens (primary N) is 1. The van der Waals surface area contributed by atoms with E-state index in [-0.39, 0.29) is 22.6 Å². The molecule has 0 bridgehead atoms. The molecule has 3 rings (SSSR count). The topological polar surface area (TPSA) is 90.0 Å². The summed E-state index contributed by atoms with van der Waals surface area (Å²) in [5.41, 5.74) is 6.56. The standard InChI is InChI=1S/C13H15ClN4O2S/c1-21(19,20)11-12(15)18(10-5-3-2-4-9(10)14)17-13(11)16-8-6-7-8/h2-5,8H,6-7,15H2,1H3,(H,16,17). The summed E-state index contributed by atoms with van der Waals surface area (Å²) in [6.07, 6.45) is 3.12. The third-order valence-corrected chi connectivity index (χ3v) is 4.71. The molecule has 1 fully saturated rings. The lowest BCUT2D eigenvalue weighted by atomic mass is 10.3. The first-order valence-electron chi connectivity index (χ1n) is 6.48. The van der Waals surface area contributed by atoms with Gasteiger partial charge in [0.25, 0.3) is 0 Å². The predicted molar refractivity (Wildman–Crippen MR) is 82.7 cm³/mol. The van der Waals surface area contributed by atoms with Gasteiger partial charge in [0.05, 0.1) is 10.7 Å². The summed E-state index contributed by atoms with van der Waals surface area (Å²) >= 11 is 6.14. The molecule has 0 radical (unpaired) electrons. The lowest BCUT2D eigenvalue weighted by Gasteiger charge is -2.05. The molecule has 0 unspecified atom stereocenters. The Labute approximate surface area is 127 Å². The number of nitrogen functional groups attached to an aromatic ring is 1. The lowest BCUT2D eigenvalue weighted by molar-refractivity contribution is 0.602. The Morgan fingerprint density at radius 3 is 2.62 bits per heavy atom. The molecule has 0 spiro atoms. The number of sulfone groups is 1. The van der Waals surface area contributed by atoms with Crippen molar-refractivity contribution in [1.82, 2.24) is 9.78 Å². The first kappa shape index (κ1) is 14.2. The number of hydrogen-bond donors (Lipinski definition) is 2. The minimum Gasteiger partial charge on any atom is -0.382 e. The van der Waals surface area contributed by atoms with Gasteiger partial charge in [-0.3, -0.25) is 0 Å². The van der Waals surface area contributed by atoms with Gasteiger partial charge < -0.3 is 11.1 Å². The van der Waals surface area contributed by atoms with Crippen LogP contribution in [0.1, 0.15) is 12.8 Å². The molecule has 1 heterocycles. The number of anilines is 2. The maximum Gasteiger partial charge on any atom is 0.182 e. The Hall–Kier alpha value is -1.73. The first-order valence-corrected chi connectivity index (χ1v) is 8.75. The van der Waals surface area contributed by atoms with Crippen LogP contribution in [0.2, 0.25) is 5.02 Å². The molecular formula is C13H15ClN4O2S. The van der Waals surface area contributed by atoms with Gasteiger partial charge in [-0.05, 0) is 25.0 Å². The van der Waals surface area contributed by atoms with E-state index in [2.05, 4.69) is 10.4 Å². The highest BCUT2D eigenvalue weighted by Crippen LogP contribution is 2.34. The lowest BCUT2D eigenvalue weighted by Crippen LogP contribution is -2.08. The summed E-state index contributed by atoms with van der Waals surface area (Å²) in [4.78, 5) is 0.0225. The second-order valence-corrected chi connectivity index (χ2v) is 7.48. The van der Waals surface area contributed by atoms with Crippen LogP contribution in [0.5, 0.6) is 0 Å². The van der Waals surface area contributed by atoms with Crippen LogP contribution in [-0.2, 0) is 9.84 Å². The van der Waals surface area contributed by atoms with E-state index in [0.717, 1.165) is 19.1 Å². The average Bonchev–Trinajstić information content (AvgIpc) is 3.12. The molecule has 6 nitrogen and oxygen atoms in total. The van der Waals surface area contributed by atoms with Gasteiger partial charge in [-0.25, -0.2) is 13.1 Å². The fourth-order valence-corrected chi connectivity index (χ4v) is 3.24. The molecule has 1 aliphatic carbocycles. The Morgan fingerprint density at radius 1 is 1.38 bits per heavy atom. The van der Waals surface area contributed by atoms with E-state index in [1.165, 1.54) is 4.68 Å².